The van der Waals surface area contributed by atoms with Gasteiger partial charge in [0.15, 0.2) is 0 Å². The fourth-order valence-electron chi connectivity index (χ4n) is 0.752. The molecule has 0 saturated carbocycles. The third-order valence-electron chi connectivity index (χ3n) is 1.51. The zero-order valence-corrected chi connectivity index (χ0v) is 7.37. The summed E-state index contributed by atoms with van der Waals surface area (Å²) in [6.07, 6.45) is 0.188. The second-order valence-corrected chi connectivity index (χ2v) is 2.24. The summed E-state index contributed by atoms with van der Waals surface area (Å²) in [5, 5.41) is 0. The van der Waals surface area contributed by atoms with E-state index in [0.29, 0.717) is 13.1 Å². The molecule has 0 heterocycles. The zero-order valence-electron chi connectivity index (χ0n) is 7.37. The Kier molecular flexibility index (Phi) is 4.83. The van der Waals surface area contributed by atoms with Gasteiger partial charge in [-0.3, -0.25) is 4.79 Å². The third kappa shape index (κ3) is 3.80. The number of nitrogens with zero attached hydrogens (tertiary/aromatic N) is 1. The highest BCUT2D eigenvalue weighted by atomic mass is 16.5. The first-order valence-electron chi connectivity index (χ1n) is 3.73. The minimum absolute atomic E-state index is 0.188. The van der Waals surface area contributed by atoms with E-state index in [0.717, 1.165) is 0 Å². The monoisotopic (exact) mass is 174 g/mol. The number of hydrogen-bond donors (Lipinski definition) is 1. The molecule has 70 valence electrons. The number of hydrogen-bond acceptors (Lipinski definition) is 3. The second kappa shape index (κ2) is 5.40. The Morgan fingerprint density at radius 2 is 2.08 bits per heavy atom. The van der Waals surface area contributed by atoms with E-state index in [2.05, 4.69) is 4.74 Å². The van der Waals surface area contributed by atoms with Gasteiger partial charge < -0.3 is 15.4 Å². The number of ether oxygens (including phenoxy) is 1. The predicted molar refractivity (Wildman–Crippen MR) is 43.5 cm³/mol. The van der Waals surface area contributed by atoms with Gasteiger partial charge in [0, 0.05) is 13.1 Å². The van der Waals surface area contributed by atoms with E-state index in [4.69, 9.17) is 5.73 Å². The van der Waals surface area contributed by atoms with Crippen molar-refractivity contribution in [2.75, 3.05) is 20.2 Å². The number of urea groups is 1. The summed E-state index contributed by atoms with van der Waals surface area (Å²) in [5.41, 5.74) is 5.01. The molecule has 12 heavy (non-hydrogen) atoms. The van der Waals surface area contributed by atoms with Crippen molar-refractivity contribution in [2.24, 2.45) is 5.73 Å². The summed E-state index contributed by atoms with van der Waals surface area (Å²) in [5.74, 6) is -0.338. The van der Waals surface area contributed by atoms with Crippen molar-refractivity contribution >= 4 is 12.0 Å². The van der Waals surface area contributed by atoms with Gasteiger partial charge in [-0.2, -0.15) is 0 Å². The van der Waals surface area contributed by atoms with Crippen LogP contribution in [0.2, 0.25) is 0 Å². The maximum atomic E-state index is 10.7. The van der Waals surface area contributed by atoms with Crippen molar-refractivity contribution < 1.29 is 14.3 Å². The summed E-state index contributed by atoms with van der Waals surface area (Å²) >= 11 is 0. The van der Waals surface area contributed by atoms with Gasteiger partial charge >= 0.3 is 12.0 Å². The van der Waals surface area contributed by atoms with Gasteiger partial charge in [-0.05, 0) is 6.92 Å². The van der Waals surface area contributed by atoms with Gasteiger partial charge in [0.25, 0.3) is 0 Å². The van der Waals surface area contributed by atoms with Crippen LogP contribution in [0.25, 0.3) is 0 Å². The van der Waals surface area contributed by atoms with Crippen LogP contribution >= 0.6 is 0 Å². The first-order valence-corrected chi connectivity index (χ1v) is 3.73. The number of nitrogens with two attached hydrogens (primary N) is 1. The number of carbonyl (C=O) groups excluding carboxylic acids is 2. The van der Waals surface area contributed by atoms with Crippen LogP contribution in [0.15, 0.2) is 0 Å². The Labute approximate surface area is 71.5 Å². The molecule has 5 nitrogen and oxygen atoms in total. The van der Waals surface area contributed by atoms with Crippen LogP contribution < -0.4 is 5.73 Å². The molecule has 0 aliphatic rings. The van der Waals surface area contributed by atoms with Crippen LogP contribution in [0.1, 0.15) is 13.3 Å². The molecule has 0 aromatic rings. The standard InChI is InChI=1S/C7H14N2O3/c1-3-9(7(8)11)5-4-6(10)12-2/h3-5H2,1-2H3,(H2,8,11). The molecule has 0 unspecified atom stereocenters. The van der Waals surface area contributed by atoms with Crippen LogP contribution in [0, 0.1) is 0 Å². The highest BCUT2D eigenvalue weighted by molar-refractivity contribution is 5.74. The number of primary amides is 1. The summed E-state index contributed by atoms with van der Waals surface area (Å²) in [6.45, 7) is 2.62. The van der Waals surface area contributed by atoms with Crippen molar-refractivity contribution in [1.29, 1.82) is 0 Å². The number of rotatable bonds is 4. The lowest BCUT2D eigenvalue weighted by atomic mass is 10.4. The molecule has 2 amide bonds. The molecule has 5 heteroatoms. The molecule has 0 fully saturated rings. The van der Waals surface area contributed by atoms with Gasteiger partial charge in [0.1, 0.15) is 0 Å². The lowest BCUT2D eigenvalue weighted by Crippen LogP contribution is -2.37. The average molecular weight is 174 g/mol. The third-order valence-corrected chi connectivity index (χ3v) is 1.51. The Hall–Kier alpha value is -1.26. The average Bonchev–Trinajstić information content (AvgIpc) is 2.04. The maximum absolute atomic E-state index is 10.7. The van der Waals surface area contributed by atoms with Gasteiger partial charge in [-0.1, -0.05) is 0 Å². The van der Waals surface area contributed by atoms with Crippen molar-refractivity contribution in [1.82, 2.24) is 4.90 Å². The predicted octanol–water partition coefficient (Wildman–Crippen LogP) is -0.0499. The van der Waals surface area contributed by atoms with Crippen molar-refractivity contribution in [3.63, 3.8) is 0 Å². The first kappa shape index (κ1) is 10.7. The molecule has 0 aromatic carbocycles. The second-order valence-electron chi connectivity index (χ2n) is 2.24. The fraction of sp³-hybridized carbons (Fsp3) is 0.714. The van der Waals surface area contributed by atoms with Gasteiger partial charge in [-0.15, -0.1) is 0 Å². The smallest absolute Gasteiger partial charge is 0.314 e. The van der Waals surface area contributed by atoms with Gasteiger partial charge in [-0.25, -0.2) is 4.79 Å². The Morgan fingerprint density at radius 1 is 1.50 bits per heavy atom. The lowest BCUT2D eigenvalue weighted by Gasteiger charge is -2.16. The summed E-state index contributed by atoms with van der Waals surface area (Å²) < 4.78 is 4.41. The van der Waals surface area contributed by atoms with Crippen LogP contribution in [0.5, 0.6) is 0 Å². The van der Waals surface area contributed by atoms with E-state index in [9.17, 15) is 9.59 Å². The Morgan fingerprint density at radius 3 is 2.42 bits per heavy atom. The molecule has 0 bridgehead atoms. The minimum Gasteiger partial charge on any atom is -0.469 e. The van der Waals surface area contributed by atoms with Crippen molar-refractivity contribution in [2.45, 2.75) is 13.3 Å². The quantitative estimate of drug-likeness (QED) is 0.607. The fourth-order valence-corrected chi connectivity index (χ4v) is 0.752. The summed E-state index contributed by atoms with van der Waals surface area (Å²) in [7, 11) is 1.31. The molecule has 0 aliphatic carbocycles. The van der Waals surface area contributed by atoms with Gasteiger partial charge in [0.2, 0.25) is 0 Å². The Bertz CT molecular complexity index is 170. The van der Waals surface area contributed by atoms with E-state index in [-0.39, 0.29) is 12.4 Å². The molecule has 0 spiro atoms. The number of methoxy groups -OCH3 is 1. The molecule has 0 radical (unpaired) electrons. The van der Waals surface area contributed by atoms with Crippen LogP contribution in [0.3, 0.4) is 0 Å². The topological polar surface area (TPSA) is 72.6 Å². The summed E-state index contributed by atoms with van der Waals surface area (Å²) in [6, 6.07) is -0.513. The van der Waals surface area contributed by atoms with E-state index in [1.54, 1.807) is 6.92 Å². The maximum Gasteiger partial charge on any atom is 0.314 e. The van der Waals surface area contributed by atoms with Crippen molar-refractivity contribution in [3.8, 4) is 0 Å². The molecule has 0 aliphatic heterocycles. The highest BCUT2D eigenvalue weighted by Gasteiger charge is 2.08. The lowest BCUT2D eigenvalue weighted by molar-refractivity contribution is -0.140. The van der Waals surface area contributed by atoms with Crippen molar-refractivity contribution in [3.05, 3.63) is 0 Å². The number of amides is 2. The molecule has 0 aromatic heterocycles. The largest absolute Gasteiger partial charge is 0.469 e. The van der Waals surface area contributed by atoms with Crippen LogP contribution in [-0.4, -0.2) is 37.1 Å². The molecular formula is C7H14N2O3. The highest BCUT2D eigenvalue weighted by Crippen LogP contribution is 1.92. The first-order chi connectivity index (χ1) is 5.61. The Balaban J connectivity index is 3.73. The zero-order chi connectivity index (χ0) is 9.56. The minimum atomic E-state index is -0.513. The molecular weight excluding hydrogens is 160 g/mol. The van der Waals surface area contributed by atoms with E-state index >= 15 is 0 Å². The molecule has 0 atom stereocenters. The van der Waals surface area contributed by atoms with Crippen LogP contribution in [-0.2, 0) is 9.53 Å². The molecule has 0 rings (SSSR count). The molecule has 2 N–H and O–H groups in total. The number of esters is 1. The number of carbonyl (C=O) groups is 2. The normalized spacial score (nSPS) is 9.17. The van der Waals surface area contributed by atoms with Crippen LogP contribution in [0.4, 0.5) is 4.79 Å². The van der Waals surface area contributed by atoms with E-state index < -0.39 is 6.03 Å². The molecule has 0 saturated heterocycles. The summed E-state index contributed by atoms with van der Waals surface area (Å²) in [4.78, 5) is 22.7. The van der Waals surface area contributed by atoms with E-state index in [1.807, 2.05) is 0 Å². The van der Waals surface area contributed by atoms with E-state index in [1.165, 1.54) is 12.0 Å². The SMILES string of the molecule is CCN(CCC(=O)OC)C(N)=O. The van der Waals surface area contributed by atoms with Gasteiger partial charge in [0.05, 0.1) is 13.5 Å².